The maximum atomic E-state index is 13.9. The van der Waals surface area contributed by atoms with Gasteiger partial charge in [0, 0.05) is 44.7 Å². The van der Waals surface area contributed by atoms with Gasteiger partial charge in [-0.15, -0.1) is 0 Å². The van der Waals surface area contributed by atoms with Crippen molar-refractivity contribution in [1.82, 2.24) is 10.2 Å². The van der Waals surface area contributed by atoms with Gasteiger partial charge in [-0.05, 0) is 48.7 Å². The zero-order valence-electron chi connectivity index (χ0n) is 20.1. The Morgan fingerprint density at radius 2 is 1.33 bits per heavy atom. The SMILES string of the molecule is CC[C@H](C)NC(=O)[C@@H](Cc1ccccc1)N(Cc1c(Cl)cccc1Cl)C(=O)Cc1c(Cl)cccc1Cl. The van der Waals surface area contributed by atoms with Gasteiger partial charge in [-0.25, -0.2) is 0 Å². The van der Waals surface area contributed by atoms with Gasteiger partial charge in [-0.1, -0.05) is 95.8 Å². The fourth-order valence-electron chi connectivity index (χ4n) is 3.80. The van der Waals surface area contributed by atoms with Crippen LogP contribution in [0.4, 0.5) is 0 Å². The normalized spacial score (nSPS) is 12.6. The number of halogens is 4. The summed E-state index contributed by atoms with van der Waals surface area (Å²) < 4.78 is 0. The molecule has 0 aliphatic rings. The van der Waals surface area contributed by atoms with Crippen LogP contribution < -0.4 is 5.32 Å². The molecule has 1 N–H and O–H groups in total. The molecule has 3 rings (SSSR count). The van der Waals surface area contributed by atoms with Crippen molar-refractivity contribution in [1.29, 1.82) is 0 Å². The molecule has 0 aliphatic carbocycles. The van der Waals surface area contributed by atoms with Crippen molar-refractivity contribution in [2.24, 2.45) is 0 Å². The first-order valence-electron chi connectivity index (χ1n) is 11.7. The maximum absolute atomic E-state index is 13.9. The van der Waals surface area contributed by atoms with Gasteiger partial charge < -0.3 is 10.2 Å². The second-order valence-electron chi connectivity index (χ2n) is 8.62. The number of carbonyl (C=O) groups excluding carboxylic acids is 2. The van der Waals surface area contributed by atoms with Crippen LogP contribution in [0, 0.1) is 0 Å². The number of benzene rings is 3. The highest BCUT2D eigenvalue weighted by Crippen LogP contribution is 2.29. The van der Waals surface area contributed by atoms with Gasteiger partial charge in [0.25, 0.3) is 0 Å². The van der Waals surface area contributed by atoms with E-state index in [0.29, 0.717) is 37.6 Å². The van der Waals surface area contributed by atoms with Crippen LogP contribution in [0.3, 0.4) is 0 Å². The molecule has 190 valence electrons. The van der Waals surface area contributed by atoms with E-state index in [-0.39, 0.29) is 30.8 Å². The van der Waals surface area contributed by atoms with Gasteiger partial charge in [-0.3, -0.25) is 9.59 Å². The quantitative estimate of drug-likeness (QED) is 0.278. The van der Waals surface area contributed by atoms with Crippen LogP contribution in [0.25, 0.3) is 0 Å². The summed E-state index contributed by atoms with van der Waals surface area (Å²) in [6.45, 7) is 3.96. The van der Waals surface area contributed by atoms with Crippen LogP contribution in [0.2, 0.25) is 20.1 Å². The van der Waals surface area contributed by atoms with Crippen LogP contribution >= 0.6 is 46.4 Å². The molecule has 0 unspecified atom stereocenters. The van der Waals surface area contributed by atoms with E-state index in [4.69, 9.17) is 46.4 Å². The molecule has 0 spiro atoms. The summed E-state index contributed by atoms with van der Waals surface area (Å²) in [6, 6.07) is 18.9. The number of rotatable bonds is 10. The fourth-order valence-corrected chi connectivity index (χ4v) is 4.85. The van der Waals surface area contributed by atoms with Crippen LogP contribution in [-0.4, -0.2) is 28.8 Å². The molecule has 0 saturated heterocycles. The summed E-state index contributed by atoms with van der Waals surface area (Å²) in [4.78, 5) is 29.0. The van der Waals surface area contributed by atoms with Gasteiger partial charge in [0.15, 0.2) is 0 Å². The molecule has 36 heavy (non-hydrogen) atoms. The molecule has 2 atom stereocenters. The lowest BCUT2D eigenvalue weighted by Crippen LogP contribution is -2.52. The fraction of sp³-hybridized carbons (Fsp3) is 0.286. The average molecular weight is 566 g/mol. The first-order chi connectivity index (χ1) is 17.2. The van der Waals surface area contributed by atoms with Crippen molar-refractivity contribution >= 4 is 58.2 Å². The number of hydrogen-bond acceptors (Lipinski definition) is 2. The average Bonchev–Trinajstić information content (AvgIpc) is 2.85. The Balaban J connectivity index is 2.06. The largest absolute Gasteiger partial charge is 0.352 e. The molecule has 0 aromatic heterocycles. The van der Waals surface area contributed by atoms with E-state index in [0.717, 1.165) is 12.0 Å². The Labute approximate surface area is 232 Å². The maximum Gasteiger partial charge on any atom is 0.243 e. The zero-order chi connectivity index (χ0) is 26.2. The minimum Gasteiger partial charge on any atom is -0.352 e. The van der Waals surface area contributed by atoms with E-state index in [9.17, 15) is 9.59 Å². The van der Waals surface area contributed by atoms with Gasteiger partial charge in [0.1, 0.15) is 6.04 Å². The summed E-state index contributed by atoms with van der Waals surface area (Å²) in [5, 5.41) is 4.63. The highest BCUT2D eigenvalue weighted by atomic mass is 35.5. The number of nitrogens with one attached hydrogen (secondary N) is 1. The number of amides is 2. The van der Waals surface area contributed by atoms with Crippen molar-refractivity contribution < 1.29 is 9.59 Å². The van der Waals surface area contributed by atoms with Crippen molar-refractivity contribution in [3.05, 3.63) is 104 Å². The summed E-state index contributed by atoms with van der Waals surface area (Å²) in [5.41, 5.74) is 1.98. The Bertz CT molecular complexity index is 1160. The topological polar surface area (TPSA) is 49.4 Å². The Morgan fingerprint density at radius 3 is 1.86 bits per heavy atom. The zero-order valence-corrected chi connectivity index (χ0v) is 23.1. The van der Waals surface area contributed by atoms with Crippen molar-refractivity contribution in [3.8, 4) is 0 Å². The molecule has 0 radical (unpaired) electrons. The Morgan fingerprint density at radius 1 is 0.806 bits per heavy atom. The third-order valence-corrected chi connectivity index (χ3v) is 7.47. The van der Waals surface area contributed by atoms with Crippen LogP contribution in [0.15, 0.2) is 66.7 Å². The summed E-state index contributed by atoms with van der Waals surface area (Å²) in [5.74, 6) is -0.573. The minimum absolute atomic E-state index is 0.0465. The lowest BCUT2D eigenvalue weighted by molar-refractivity contribution is -0.141. The molecular weight excluding hydrogens is 538 g/mol. The first-order valence-corrected chi connectivity index (χ1v) is 13.2. The molecule has 2 amide bonds. The molecule has 0 heterocycles. The van der Waals surface area contributed by atoms with Crippen molar-refractivity contribution in [2.75, 3.05) is 0 Å². The molecule has 0 aliphatic heterocycles. The molecule has 0 bridgehead atoms. The van der Waals surface area contributed by atoms with E-state index in [2.05, 4.69) is 5.32 Å². The van der Waals surface area contributed by atoms with E-state index >= 15 is 0 Å². The van der Waals surface area contributed by atoms with E-state index in [1.807, 2.05) is 44.2 Å². The van der Waals surface area contributed by atoms with Crippen LogP contribution in [0.1, 0.15) is 37.0 Å². The molecule has 3 aromatic rings. The summed E-state index contributed by atoms with van der Waals surface area (Å²) in [6.07, 6.45) is 0.985. The Hall–Kier alpha value is -2.24. The molecular formula is C28H28Cl4N2O2. The van der Waals surface area contributed by atoms with Crippen LogP contribution in [0.5, 0.6) is 0 Å². The summed E-state index contributed by atoms with van der Waals surface area (Å²) >= 11 is 25.7. The highest BCUT2D eigenvalue weighted by Gasteiger charge is 2.32. The lowest BCUT2D eigenvalue weighted by atomic mass is 10.0. The standard InChI is InChI=1S/C28H28Cl4N2O2/c1-3-18(2)33-28(36)26(15-19-9-5-4-6-10-19)34(17-21-24(31)13-8-14-25(21)32)27(35)16-20-22(29)11-7-12-23(20)30/h4-14,18,26H,3,15-17H2,1-2H3,(H,33,36)/t18-,26+/m0/s1. The van der Waals surface area contributed by atoms with E-state index in [1.54, 1.807) is 36.4 Å². The smallest absolute Gasteiger partial charge is 0.243 e. The number of carbonyl (C=O) groups is 2. The molecule has 4 nitrogen and oxygen atoms in total. The Kier molecular flexibility index (Phi) is 10.5. The third-order valence-electron chi connectivity index (χ3n) is 6.05. The van der Waals surface area contributed by atoms with Crippen LogP contribution in [-0.2, 0) is 29.0 Å². The van der Waals surface area contributed by atoms with Gasteiger partial charge in [-0.2, -0.15) is 0 Å². The van der Waals surface area contributed by atoms with Crippen molar-refractivity contribution in [3.63, 3.8) is 0 Å². The summed E-state index contributed by atoms with van der Waals surface area (Å²) in [7, 11) is 0. The lowest BCUT2D eigenvalue weighted by Gasteiger charge is -2.33. The molecule has 8 heteroatoms. The second kappa shape index (κ2) is 13.3. The highest BCUT2D eigenvalue weighted by molar-refractivity contribution is 6.36. The predicted octanol–water partition coefficient (Wildman–Crippen LogP) is 7.40. The van der Waals surface area contributed by atoms with Gasteiger partial charge >= 0.3 is 0 Å². The third kappa shape index (κ3) is 7.39. The first kappa shape index (κ1) is 28.3. The minimum atomic E-state index is -0.817. The number of nitrogens with zero attached hydrogens (tertiary/aromatic N) is 1. The monoisotopic (exact) mass is 564 g/mol. The second-order valence-corrected chi connectivity index (χ2v) is 10.3. The van der Waals surface area contributed by atoms with Gasteiger partial charge in [0.05, 0.1) is 6.42 Å². The van der Waals surface area contributed by atoms with E-state index < -0.39 is 6.04 Å². The molecule has 3 aromatic carbocycles. The predicted molar refractivity (Wildman–Crippen MR) is 149 cm³/mol. The van der Waals surface area contributed by atoms with Gasteiger partial charge in [0.2, 0.25) is 11.8 Å². The molecule has 0 fully saturated rings. The number of hydrogen-bond donors (Lipinski definition) is 1. The molecule has 0 saturated carbocycles. The van der Waals surface area contributed by atoms with E-state index in [1.165, 1.54) is 4.90 Å². The van der Waals surface area contributed by atoms with Crippen molar-refractivity contribution in [2.45, 2.75) is 51.7 Å².